The average molecular weight is 287 g/mol. The highest BCUT2D eigenvalue weighted by Gasteiger charge is 2.18. The van der Waals surface area contributed by atoms with E-state index in [2.05, 4.69) is 12.2 Å². The first-order chi connectivity index (χ1) is 9.60. The molecule has 4 heteroatoms. The highest BCUT2D eigenvalue weighted by Crippen LogP contribution is 2.25. The number of benzene rings is 1. The predicted octanol–water partition coefficient (Wildman–Crippen LogP) is 5.12. The van der Waals surface area contributed by atoms with Gasteiger partial charge in [-0.15, -0.1) is 0 Å². The van der Waals surface area contributed by atoms with Crippen LogP contribution in [0.3, 0.4) is 0 Å². The second-order valence-corrected chi connectivity index (χ2v) is 5.14. The highest BCUT2D eigenvalue weighted by atomic mass is 19.2. The first-order valence-electron chi connectivity index (χ1n) is 7.48. The van der Waals surface area contributed by atoms with Crippen LogP contribution in [0.2, 0.25) is 0 Å². The summed E-state index contributed by atoms with van der Waals surface area (Å²) in [6.07, 6.45) is 5.95. The minimum absolute atomic E-state index is 0.230. The molecule has 20 heavy (non-hydrogen) atoms. The third-order valence-corrected chi connectivity index (χ3v) is 3.40. The molecule has 0 aliphatic carbocycles. The number of nitrogens with one attached hydrogen (secondary N) is 1. The molecule has 1 N–H and O–H groups in total. The number of hydrogen-bond donors (Lipinski definition) is 1. The lowest BCUT2D eigenvalue weighted by atomic mass is 9.99. The molecule has 0 aromatic heterocycles. The van der Waals surface area contributed by atoms with Crippen LogP contribution in [0.25, 0.3) is 0 Å². The fourth-order valence-electron chi connectivity index (χ4n) is 2.27. The monoisotopic (exact) mass is 287 g/mol. The first-order valence-corrected chi connectivity index (χ1v) is 7.48. The fourth-order valence-corrected chi connectivity index (χ4v) is 2.27. The van der Waals surface area contributed by atoms with Gasteiger partial charge in [0.05, 0.1) is 0 Å². The van der Waals surface area contributed by atoms with Gasteiger partial charge < -0.3 is 5.32 Å². The van der Waals surface area contributed by atoms with E-state index in [9.17, 15) is 13.2 Å². The molecule has 0 spiro atoms. The Morgan fingerprint density at radius 1 is 0.900 bits per heavy atom. The normalized spacial score (nSPS) is 12.7. The zero-order valence-electron chi connectivity index (χ0n) is 12.3. The van der Waals surface area contributed by atoms with E-state index in [0.29, 0.717) is 6.07 Å². The first kappa shape index (κ1) is 17.0. The zero-order valence-corrected chi connectivity index (χ0v) is 12.3. The minimum Gasteiger partial charge on any atom is -0.310 e. The van der Waals surface area contributed by atoms with Crippen LogP contribution in [0.15, 0.2) is 12.1 Å². The van der Waals surface area contributed by atoms with Gasteiger partial charge in [0, 0.05) is 17.7 Å². The van der Waals surface area contributed by atoms with Crippen molar-refractivity contribution in [2.75, 3.05) is 6.54 Å². The Bertz CT molecular complexity index is 407. The molecule has 1 nitrogen and oxygen atoms in total. The Hall–Kier alpha value is -1.03. The third-order valence-electron chi connectivity index (χ3n) is 3.40. The summed E-state index contributed by atoms with van der Waals surface area (Å²) in [5, 5.41) is 3.22. The van der Waals surface area contributed by atoms with E-state index in [1.165, 1.54) is 0 Å². The van der Waals surface area contributed by atoms with Crippen LogP contribution in [0, 0.1) is 17.5 Å². The van der Waals surface area contributed by atoms with Gasteiger partial charge in [-0.25, -0.2) is 13.2 Å². The lowest BCUT2D eigenvalue weighted by molar-refractivity contribution is 0.437. The number of unbranched alkanes of at least 4 members (excludes halogenated alkanes) is 3. The van der Waals surface area contributed by atoms with E-state index in [1.807, 2.05) is 6.92 Å². The predicted molar refractivity (Wildman–Crippen MR) is 76.1 cm³/mol. The summed E-state index contributed by atoms with van der Waals surface area (Å²) in [4.78, 5) is 0. The van der Waals surface area contributed by atoms with Gasteiger partial charge in [0.25, 0.3) is 0 Å². The van der Waals surface area contributed by atoms with Gasteiger partial charge in [-0.05, 0) is 25.5 Å². The topological polar surface area (TPSA) is 12.0 Å². The lowest BCUT2D eigenvalue weighted by Gasteiger charge is -2.20. The van der Waals surface area contributed by atoms with E-state index in [1.54, 1.807) is 0 Å². The van der Waals surface area contributed by atoms with Gasteiger partial charge in [0.15, 0.2) is 11.6 Å². The van der Waals surface area contributed by atoms with E-state index in [-0.39, 0.29) is 11.6 Å². The molecule has 0 aliphatic heterocycles. The van der Waals surface area contributed by atoms with E-state index in [0.717, 1.165) is 51.1 Å². The summed E-state index contributed by atoms with van der Waals surface area (Å²) in [7, 11) is 0. The van der Waals surface area contributed by atoms with E-state index < -0.39 is 17.5 Å². The smallest absolute Gasteiger partial charge is 0.161 e. The molecule has 0 aliphatic rings. The molecular weight excluding hydrogens is 263 g/mol. The Morgan fingerprint density at radius 3 is 2.25 bits per heavy atom. The SMILES string of the molecule is CCCCCCC(NCCC)c1cc(F)c(F)cc1F. The molecule has 1 rings (SSSR count). The van der Waals surface area contributed by atoms with Crippen LogP contribution in [0.1, 0.15) is 64.0 Å². The number of halogens is 3. The summed E-state index contributed by atoms with van der Waals surface area (Å²) in [5.41, 5.74) is 0.230. The fraction of sp³-hybridized carbons (Fsp3) is 0.625. The van der Waals surface area contributed by atoms with Crippen molar-refractivity contribution >= 4 is 0 Å². The Balaban J connectivity index is 2.78. The van der Waals surface area contributed by atoms with Crippen LogP contribution in [0.5, 0.6) is 0 Å². The highest BCUT2D eigenvalue weighted by molar-refractivity contribution is 5.23. The molecule has 1 aromatic carbocycles. The van der Waals surface area contributed by atoms with Crippen molar-refractivity contribution in [1.29, 1.82) is 0 Å². The molecule has 1 unspecified atom stereocenters. The summed E-state index contributed by atoms with van der Waals surface area (Å²) in [5.74, 6) is -2.79. The van der Waals surface area contributed by atoms with Crippen LogP contribution >= 0.6 is 0 Å². The Kier molecular flexibility index (Phi) is 7.67. The lowest BCUT2D eigenvalue weighted by Crippen LogP contribution is -2.23. The van der Waals surface area contributed by atoms with E-state index >= 15 is 0 Å². The molecule has 1 atom stereocenters. The maximum Gasteiger partial charge on any atom is 0.161 e. The second kappa shape index (κ2) is 9.01. The molecule has 1 aromatic rings. The molecule has 114 valence electrons. The second-order valence-electron chi connectivity index (χ2n) is 5.14. The molecule has 0 amide bonds. The van der Waals surface area contributed by atoms with E-state index in [4.69, 9.17) is 0 Å². The maximum atomic E-state index is 13.8. The van der Waals surface area contributed by atoms with Crippen LogP contribution in [0.4, 0.5) is 13.2 Å². The van der Waals surface area contributed by atoms with Crippen molar-refractivity contribution in [1.82, 2.24) is 5.32 Å². The molecule has 0 bridgehead atoms. The average Bonchev–Trinajstić information content (AvgIpc) is 2.42. The van der Waals surface area contributed by atoms with Gasteiger partial charge in [-0.1, -0.05) is 39.5 Å². The van der Waals surface area contributed by atoms with Gasteiger partial charge in [0.1, 0.15) is 5.82 Å². The van der Waals surface area contributed by atoms with Crippen molar-refractivity contribution in [2.24, 2.45) is 0 Å². The zero-order chi connectivity index (χ0) is 15.0. The van der Waals surface area contributed by atoms with Crippen molar-refractivity contribution in [3.8, 4) is 0 Å². The van der Waals surface area contributed by atoms with Crippen molar-refractivity contribution in [3.63, 3.8) is 0 Å². The van der Waals surface area contributed by atoms with Gasteiger partial charge >= 0.3 is 0 Å². The quantitative estimate of drug-likeness (QED) is 0.491. The standard InChI is InChI=1S/C16H24F3N/c1-3-5-6-7-8-16(20-9-4-2)12-10-14(18)15(19)11-13(12)17/h10-11,16,20H,3-9H2,1-2H3. The molecular formula is C16H24F3N. The number of hydrogen-bond acceptors (Lipinski definition) is 1. The largest absolute Gasteiger partial charge is 0.310 e. The molecule has 0 fully saturated rings. The third kappa shape index (κ3) is 5.16. The summed E-state index contributed by atoms with van der Waals surface area (Å²) in [6.45, 7) is 4.88. The van der Waals surface area contributed by atoms with Gasteiger partial charge in [-0.2, -0.15) is 0 Å². The summed E-state index contributed by atoms with van der Waals surface area (Å²) in [6, 6.07) is 1.37. The minimum atomic E-state index is -1.13. The van der Waals surface area contributed by atoms with Crippen LogP contribution in [-0.2, 0) is 0 Å². The molecule has 0 radical (unpaired) electrons. The molecule has 0 saturated carbocycles. The van der Waals surface area contributed by atoms with Crippen molar-refractivity contribution in [3.05, 3.63) is 35.1 Å². The Labute approximate surface area is 119 Å². The molecule has 0 heterocycles. The van der Waals surface area contributed by atoms with Crippen LogP contribution in [-0.4, -0.2) is 6.54 Å². The van der Waals surface area contributed by atoms with Crippen molar-refractivity contribution < 1.29 is 13.2 Å². The summed E-state index contributed by atoms with van der Waals surface area (Å²) < 4.78 is 40.1. The van der Waals surface area contributed by atoms with Gasteiger partial charge in [0.2, 0.25) is 0 Å². The number of rotatable bonds is 9. The van der Waals surface area contributed by atoms with Crippen LogP contribution < -0.4 is 5.32 Å². The van der Waals surface area contributed by atoms with Crippen molar-refractivity contribution in [2.45, 2.75) is 58.4 Å². The van der Waals surface area contributed by atoms with Gasteiger partial charge in [-0.3, -0.25) is 0 Å². The Morgan fingerprint density at radius 2 is 1.60 bits per heavy atom. The summed E-state index contributed by atoms with van der Waals surface area (Å²) >= 11 is 0. The maximum absolute atomic E-state index is 13.8. The molecule has 0 saturated heterocycles.